The first-order chi connectivity index (χ1) is 15.1. The van der Waals surface area contributed by atoms with E-state index in [1.165, 1.54) is 16.7 Å². The molecule has 2 aliphatic rings. The number of carbonyl (C=O) groups excluding carboxylic acids is 2. The number of ketones is 1. The Labute approximate surface area is 209 Å². The van der Waals surface area contributed by atoms with Crippen molar-refractivity contribution in [1.82, 2.24) is 14.8 Å². The van der Waals surface area contributed by atoms with E-state index in [0.717, 1.165) is 70.4 Å². The number of amides is 1. The number of carbonyl (C=O) groups is 2. The number of pyridine rings is 1. The number of halogens is 2. The third-order valence-corrected chi connectivity index (χ3v) is 6.89. The monoisotopic (exact) mass is 491 g/mol. The third kappa shape index (κ3) is 7.53. The molecule has 1 aromatic carbocycles. The van der Waals surface area contributed by atoms with Gasteiger partial charge in [-0.1, -0.05) is 18.2 Å². The maximum atomic E-state index is 12.9. The number of Topliss-reactive ketones (excluding diaryl/α,β-unsaturated/α-hetero) is 1. The minimum atomic E-state index is 0. The Bertz CT molecular complexity index is 915. The molecule has 2 aromatic rings. The number of hydrogen-bond donors (Lipinski definition) is 0. The molecule has 2 aliphatic heterocycles. The summed E-state index contributed by atoms with van der Waals surface area (Å²) in [5, 5.41) is 0. The Kier molecular flexibility index (Phi) is 10.8. The van der Waals surface area contributed by atoms with Crippen LogP contribution in [0.15, 0.2) is 42.7 Å². The molecule has 0 aliphatic carbocycles. The molecule has 0 bridgehead atoms. The van der Waals surface area contributed by atoms with Crippen LogP contribution in [0, 0.1) is 5.92 Å². The van der Waals surface area contributed by atoms with Gasteiger partial charge < -0.3 is 4.90 Å². The second kappa shape index (κ2) is 13.1. The van der Waals surface area contributed by atoms with Crippen LogP contribution in [-0.4, -0.2) is 52.7 Å². The summed E-state index contributed by atoms with van der Waals surface area (Å²) < 4.78 is 0. The molecule has 0 spiro atoms. The number of hydrogen-bond acceptors (Lipinski definition) is 4. The smallest absolute Gasteiger partial charge is 0.219 e. The van der Waals surface area contributed by atoms with Crippen molar-refractivity contribution < 1.29 is 9.59 Å². The Balaban J connectivity index is 0.00000193. The van der Waals surface area contributed by atoms with E-state index in [1.807, 2.05) is 29.4 Å². The van der Waals surface area contributed by atoms with E-state index in [1.54, 1.807) is 6.92 Å². The highest BCUT2D eigenvalue weighted by molar-refractivity contribution is 5.96. The summed E-state index contributed by atoms with van der Waals surface area (Å²) in [6.07, 6.45) is 9.35. The molecule has 33 heavy (non-hydrogen) atoms. The fraction of sp³-hybridized carbons (Fsp3) is 0.500. The lowest BCUT2D eigenvalue weighted by Gasteiger charge is -2.31. The van der Waals surface area contributed by atoms with E-state index in [9.17, 15) is 9.59 Å². The molecule has 4 rings (SSSR count). The molecule has 3 heterocycles. The van der Waals surface area contributed by atoms with Crippen LogP contribution in [0.5, 0.6) is 0 Å². The predicted octanol–water partition coefficient (Wildman–Crippen LogP) is 4.75. The molecular formula is C26H35Cl2N3O2. The molecule has 0 saturated carbocycles. The van der Waals surface area contributed by atoms with Crippen molar-refractivity contribution in [2.75, 3.05) is 26.2 Å². The zero-order valence-electron chi connectivity index (χ0n) is 19.4. The number of likely N-dealkylation sites (tertiary alicyclic amines) is 1. The van der Waals surface area contributed by atoms with Crippen LogP contribution >= 0.6 is 24.8 Å². The highest BCUT2D eigenvalue weighted by Gasteiger charge is 2.22. The van der Waals surface area contributed by atoms with Crippen LogP contribution in [-0.2, 0) is 24.2 Å². The van der Waals surface area contributed by atoms with Crippen molar-refractivity contribution in [3.63, 3.8) is 0 Å². The molecule has 5 nitrogen and oxygen atoms in total. The van der Waals surface area contributed by atoms with Crippen molar-refractivity contribution in [3.8, 4) is 0 Å². The first-order valence-electron chi connectivity index (χ1n) is 11.6. The minimum absolute atomic E-state index is 0. The van der Waals surface area contributed by atoms with Crippen molar-refractivity contribution >= 4 is 36.5 Å². The molecular weight excluding hydrogens is 457 g/mol. The molecule has 180 valence electrons. The van der Waals surface area contributed by atoms with Crippen molar-refractivity contribution in [2.24, 2.45) is 5.92 Å². The zero-order chi connectivity index (χ0) is 21.6. The number of nitrogens with zero attached hydrogens (tertiary/aromatic N) is 3. The van der Waals surface area contributed by atoms with E-state index in [-0.39, 0.29) is 36.5 Å². The topological polar surface area (TPSA) is 53.5 Å². The molecule has 0 N–H and O–H groups in total. The van der Waals surface area contributed by atoms with Crippen LogP contribution in [0.1, 0.15) is 59.7 Å². The SMILES string of the molecule is CC(=O)N1CCC(CCC(=O)c2ccc3c(c2)CCN(Cc2cccnc2)CC3)CC1.Cl.Cl. The maximum Gasteiger partial charge on any atom is 0.219 e. The van der Waals surface area contributed by atoms with Gasteiger partial charge >= 0.3 is 0 Å². The first kappa shape index (κ1) is 27.3. The summed E-state index contributed by atoms with van der Waals surface area (Å²) in [7, 11) is 0. The number of fused-ring (bicyclic) bond motifs is 1. The summed E-state index contributed by atoms with van der Waals surface area (Å²) in [6, 6.07) is 10.5. The molecule has 0 unspecified atom stereocenters. The number of benzene rings is 1. The number of rotatable bonds is 6. The lowest BCUT2D eigenvalue weighted by Crippen LogP contribution is -2.37. The summed E-state index contributed by atoms with van der Waals surface area (Å²) in [5.41, 5.74) is 4.82. The van der Waals surface area contributed by atoms with E-state index >= 15 is 0 Å². The average molecular weight is 492 g/mol. The molecule has 1 saturated heterocycles. The van der Waals surface area contributed by atoms with Gasteiger partial charge in [-0.05, 0) is 66.8 Å². The molecule has 1 fully saturated rings. The van der Waals surface area contributed by atoms with Crippen LogP contribution in [0.25, 0.3) is 0 Å². The van der Waals surface area contributed by atoms with E-state index < -0.39 is 0 Å². The highest BCUT2D eigenvalue weighted by atomic mass is 35.5. The Hall–Kier alpha value is -1.95. The summed E-state index contributed by atoms with van der Waals surface area (Å²) >= 11 is 0. The van der Waals surface area contributed by atoms with Gasteiger partial charge in [0.2, 0.25) is 5.91 Å². The lowest BCUT2D eigenvalue weighted by molar-refractivity contribution is -0.130. The van der Waals surface area contributed by atoms with Gasteiger partial charge in [0, 0.05) is 64.0 Å². The van der Waals surface area contributed by atoms with Crippen LogP contribution in [0.4, 0.5) is 0 Å². The van der Waals surface area contributed by atoms with Gasteiger partial charge in [-0.3, -0.25) is 19.5 Å². The predicted molar refractivity (Wildman–Crippen MR) is 136 cm³/mol. The molecule has 0 atom stereocenters. The van der Waals surface area contributed by atoms with E-state index in [4.69, 9.17) is 0 Å². The van der Waals surface area contributed by atoms with Gasteiger partial charge in [0.25, 0.3) is 0 Å². The summed E-state index contributed by atoms with van der Waals surface area (Å²) in [6.45, 7) is 6.28. The zero-order valence-corrected chi connectivity index (χ0v) is 21.0. The number of aromatic nitrogens is 1. The fourth-order valence-electron chi connectivity index (χ4n) is 4.87. The maximum absolute atomic E-state index is 12.9. The van der Waals surface area contributed by atoms with Crippen LogP contribution in [0.3, 0.4) is 0 Å². The van der Waals surface area contributed by atoms with Crippen molar-refractivity contribution in [1.29, 1.82) is 0 Å². The average Bonchev–Trinajstić information content (AvgIpc) is 3.00. The Morgan fingerprint density at radius 3 is 2.39 bits per heavy atom. The quantitative estimate of drug-likeness (QED) is 0.547. The minimum Gasteiger partial charge on any atom is -0.343 e. The van der Waals surface area contributed by atoms with Crippen molar-refractivity contribution in [2.45, 2.75) is 52.0 Å². The Morgan fingerprint density at radius 1 is 1.00 bits per heavy atom. The van der Waals surface area contributed by atoms with Gasteiger partial charge in [-0.25, -0.2) is 0 Å². The van der Waals surface area contributed by atoms with E-state index in [2.05, 4.69) is 28.1 Å². The van der Waals surface area contributed by atoms with Gasteiger partial charge in [-0.15, -0.1) is 24.8 Å². The van der Waals surface area contributed by atoms with Gasteiger partial charge in [-0.2, -0.15) is 0 Å². The van der Waals surface area contributed by atoms with Gasteiger partial charge in [0.15, 0.2) is 5.78 Å². The van der Waals surface area contributed by atoms with E-state index in [0.29, 0.717) is 12.3 Å². The molecule has 1 aromatic heterocycles. The second-order valence-electron chi connectivity index (χ2n) is 9.03. The summed E-state index contributed by atoms with van der Waals surface area (Å²) in [4.78, 5) is 33.0. The molecule has 1 amide bonds. The highest BCUT2D eigenvalue weighted by Crippen LogP contribution is 2.24. The first-order valence-corrected chi connectivity index (χ1v) is 11.6. The normalized spacial score (nSPS) is 16.7. The van der Waals surface area contributed by atoms with Crippen molar-refractivity contribution in [3.05, 3.63) is 65.0 Å². The third-order valence-electron chi connectivity index (χ3n) is 6.89. The molecule has 7 heteroatoms. The van der Waals surface area contributed by atoms with Gasteiger partial charge in [0.1, 0.15) is 0 Å². The second-order valence-corrected chi connectivity index (χ2v) is 9.03. The van der Waals surface area contributed by atoms with Gasteiger partial charge in [0.05, 0.1) is 0 Å². The molecule has 0 radical (unpaired) electrons. The van der Waals surface area contributed by atoms with Crippen LogP contribution < -0.4 is 0 Å². The standard InChI is InChI=1S/C26H33N3O2.2ClH/c1-20(30)29-15-8-21(9-16-29)4-7-26(31)25-6-5-23-10-13-28(14-11-24(23)17-25)19-22-3-2-12-27-18-22;;/h2-3,5-6,12,17-18,21H,4,7-11,13-16,19H2,1H3;2*1H. The fourth-order valence-corrected chi connectivity index (χ4v) is 4.87. The van der Waals surface area contributed by atoms with Crippen LogP contribution in [0.2, 0.25) is 0 Å². The Morgan fingerprint density at radius 2 is 1.73 bits per heavy atom. The number of piperidine rings is 1. The lowest BCUT2D eigenvalue weighted by atomic mass is 9.89. The largest absolute Gasteiger partial charge is 0.343 e. The summed E-state index contributed by atoms with van der Waals surface area (Å²) in [5.74, 6) is 0.980.